The van der Waals surface area contributed by atoms with Crippen molar-refractivity contribution in [3.8, 4) is 0 Å². The number of nitrogens with zero attached hydrogens (tertiary/aromatic N) is 4. The number of nitrogens with one attached hydrogen (secondary N) is 4. The Balaban J connectivity index is 1.32. The molecule has 0 saturated heterocycles. The molecule has 0 radical (unpaired) electrons. The highest BCUT2D eigenvalue weighted by molar-refractivity contribution is 6.41. The first-order valence-corrected chi connectivity index (χ1v) is 21.4. The molecule has 0 aromatic heterocycles. The van der Waals surface area contributed by atoms with Crippen LogP contribution in [0, 0.1) is 0 Å². The average molecular weight is 986 g/mol. The summed E-state index contributed by atoms with van der Waals surface area (Å²) in [6, 6.07) is 17.8. The molecule has 0 spiro atoms. The Morgan fingerprint density at radius 3 is 1.16 bits per heavy atom. The molecule has 5 rings (SSSR count). The molecule has 4 amide bonds. The number of rotatable bonds is 16. The molecule has 0 bridgehead atoms. The summed E-state index contributed by atoms with van der Waals surface area (Å²) in [4.78, 5) is 78.8. The molecular weight excluding hydrogens is 949 g/mol. The summed E-state index contributed by atoms with van der Waals surface area (Å²) in [5.74, 6) is -4.07. The molecule has 0 heterocycles. The van der Waals surface area contributed by atoms with Gasteiger partial charge in [-0.05, 0) is 111 Å². The van der Waals surface area contributed by atoms with Crippen LogP contribution in [0.25, 0.3) is 0 Å². The number of carbonyl (C=O) groups is 6. The van der Waals surface area contributed by atoms with E-state index in [1.807, 2.05) is 13.8 Å². The van der Waals surface area contributed by atoms with Crippen LogP contribution in [-0.2, 0) is 32.0 Å². The van der Waals surface area contributed by atoms with Crippen LogP contribution < -0.4 is 21.3 Å². The lowest BCUT2D eigenvalue weighted by Crippen LogP contribution is -2.33. The molecule has 0 aliphatic carbocycles. The molecule has 20 heteroatoms. The first-order valence-electron chi connectivity index (χ1n) is 19.1. The molecule has 5 aromatic carbocycles. The van der Waals surface area contributed by atoms with E-state index in [1.165, 1.54) is 50.2 Å². The average Bonchev–Trinajstić information content (AvgIpc) is 3.23. The Bertz CT molecular complexity index is 2520. The van der Waals surface area contributed by atoms with Gasteiger partial charge in [0.1, 0.15) is 0 Å². The van der Waals surface area contributed by atoms with Crippen molar-refractivity contribution in [2.45, 2.75) is 52.6 Å². The highest BCUT2D eigenvalue weighted by Crippen LogP contribution is 2.33. The van der Waals surface area contributed by atoms with Crippen molar-refractivity contribution in [2.75, 3.05) is 21.3 Å². The Morgan fingerprint density at radius 2 is 0.844 bits per heavy atom. The van der Waals surface area contributed by atoms with Gasteiger partial charge in [0.05, 0.1) is 42.8 Å². The van der Waals surface area contributed by atoms with Crippen LogP contribution >= 0.6 is 69.6 Å². The van der Waals surface area contributed by atoms with Crippen molar-refractivity contribution in [3.63, 3.8) is 0 Å². The van der Waals surface area contributed by atoms with Crippen molar-refractivity contribution in [2.24, 2.45) is 20.5 Å². The van der Waals surface area contributed by atoms with E-state index in [0.717, 1.165) is 0 Å². The number of benzene rings is 5. The monoisotopic (exact) mass is 982 g/mol. The van der Waals surface area contributed by atoms with Crippen molar-refractivity contribution in [1.29, 1.82) is 0 Å². The van der Waals surface area contributed by atoms with Crippen LogP contribution in [0.2, 0.25) is 30.1 Å². The lowest BCUT2D eigenvalue weighted by atomic mass is 10.0. The summed E-state index contributed by atoms with van der Waals surface area (Å²) >= 11 is 37.3. The number of halogens is 6. The minimum Gasteiger partial charge on any atom is -0.323 e. The molecule has 0 saturated carbocycles. The number of Topliss-reactive ketones (excluding diaryl/α,β-unsaturated/α-hetero) is 2. The normalized spacial score (nSPS) is 12.2. The lowest BCUT2D eigenvalue weighted by Gasteiger charge is -2.18. The number of amides is 4. The van der Waals surface area contributed by atoms with Gasteiger partial charge in [0.15, 0.2) is 11.6 Å². The predicted octanol–water partition coefficient (Wildman–Crippen LogP) is 12.6. The zero-order chi connectivity index (χ0) is 46.8. The lowest BCUT2D eigenvalue weighted by molar-refractivity contribution is -0.127. The van der Waals surface area contributed by atoms with Crippen LogP contribution in [-0.4, -0.2) is 47.3 Å². The summed E-state index contributed by atoms with van der Waals surface area (Å²) in [6.07, 6.45) is 0.732. The second-order valence-corrected chi connectivity index (χ2v) is 16.3. The highest BCUT2D eigenvalue weighted by atomic mass is 35.5. The van der Waals surface area contributed by atoms with Crippen LogP contribution in [0.4, 0.5) is 34.1 Å². The third-order valence-corrected chi connectivity index (χ3v) is 10.8. The van der Waals surface area contributed by atoms with Crippen molar-refractivity contribution in [3.05, 3.63) is 137 Å². The van der Waals surface area contributed by atoms with Gasteiger partial charge in [0, 0.05) is 32.5 Å². The largest absolute Gasteiger partial charge is 0.323 e. The van der Waals surface area contributed by atoms with E-state index in [1.54, 1.807) is 48.5 Å². The summed E-state index contributed by atoms with van der Waals surface area (Å²) in [5, 5.41) is 28.0. The Hall–Kier alpha value is -5.74. The van der Waals surface area contributed by atoms with Crippen molar-refractivity contribution >= 4 is 139 Å². The van der Waals surface area contributed by atoms with Gasteiger partial charge in [-0.15, -0.1) is 0 Å². The highest BCUT2D eigenvalue weighted by Gasteiger charge is 2.27. The fourth-order valence-electron chi connectivity index (χ4n) is 5.93. The summed E-state index contributed by atoms with van der Waals surface area (Å²) < 4.78 is 0. The van der Waals surface area contributed by atoms with Gasteiger partial charge in [0.2, 0.25) is 12.1 Å². The molecule has 0 fully saturated rings. The minimum absolute atomic E-state index is 0.0731. The molecule has 0 aliphatic heterocycles. The van der Waals surface area contributed by atoms with E-state index in [-0.39, 0.29) is 64.0 Å². The molecule has 14 nitrogen and oxygen atoms in total. The smallest absolute Gasteiger partial charge is 0.258 e. The van der Waals surface area contributed by atoms with Crippen LogP contribution in [0.3, 0.4) is 0 Å². The molecule has 4 N–H and O–H groups in total. The number of hydrogen-bond donors (Lipinski definition) is 4. The number of ketones is 2. The quantitative estimate of drug-likeness (QED) is 0.0560. The first kappa shape index (κ1) is 49.3. The van der Waals surface area contributed by atoms with Gasteiger partial charge in [-0.3, -0.25) is 28.8 Å². The Kier molecular flexibility index (Phi) is 17.1. The van der Waals surface area contributed by atoms with E-state index >= 15 is 0 Å². The molecule has 64 heavy (non-hydrogen) atoms. The number of para-hydroxylation sites is 2. The second kappa shape index (κ2) is 22.2. The maximum atomic E-state index is 13.6. The van der Waals surface area contributed by atoms with E-state index in [4.69, 9.17) is 69.6 Å². The summed E-state index contributed by atoms with van der Waals surface area (Å²) in [5.41, 5.74) is 2.49. The van der Waals surface area contributed by atoms with Gasteiger partial charge in [-0.2, -0.15) is 20.5 Å². The Labute approximate surface area is 397 Å². The fraction of sp³-hybridized carbons (Fsp3) is 0.182. The first-order chi connectivity index (χ1) is 30.4. The van der Waals surface area contributed by atoms with Gasteiger partial charge >= 0.3 is 0 Å². The third kappa shape index (κ3) is 12.7. The zero-order valence-electron chi connectivity index (χ0n) is 34.2. The molecule has 0 aliphatic rings. The van der Waals surface area contributed by atoms with E-state index in [0.29, 0.717) is 35.3 Å². The Morgan fingerprint density at radius 1 is 0.500 bits per heavy atom. The maximum Gasteiger partial charge on any atom is 0.258 e. The number of azo groups is 2. The maximum absolute atomic E-state index is 13.6. The third-order valence-electron chi connectivity index (χ3n) is 9.14. The molecule has 5 aromatic rings. The van der Waals surface area contributed by atoms with E-state index in [2.05, 4.69) is 41.7 Å². The second-order valence-electron chi connectivity index (χ2n) is 13.8. The minimum atomic E-state index is -1.60. The molecule has 2 unspecified atom stereocenters. The molecule has 330 valence electrons. The SMILES string of the molecule is CCc1cc(NC(=O)C(N=Nc2cc(Cl)cc(C(=O)Nc3c(Cl)cccc3Cl)c2)C(C)=O)c(CC)cc1NC(=O)C(N=Nc1cc(Cl)cc(C(=O)Nc2c(Cl)cccc2Cl)c1)C(C)=O. The predicted molar refractivity (Wildman–Crippen MR) is 252 cm³/mol. The van der Waals surface area contributed by atoms with Gasteiger partial charge in [-0.25, -0.2) is 0 Å². The number of carbonyl (C=O) groups excluding carboxylic acids is 6. The van der Waals surface area contributed by atoms with Crippen molar-refractivity contribution < 1.29 is 28.8 Å². The van der Waals surface area contributed by atoms with Crippen LogP contribution in [0.15, 0.2) is 105 Å². The zero-order valence-corrected chi connectivity index (χ0v) is 38.7. The summed E-state index contributed by atoms with van der Waals surface area (Å²) in [7, 11) is 0. The topological polar surface area (TPSA) is 200 Å². The van der Waals surface area contributed by atoms with Gasteiger partial charge in [0.25, 0.3) is 23.6 Å². The van der Waals surface area contributed by atoms with Crippen molar-refractivity contribution in [1.82, 2.24) is 0 Å². The fourth-order valence-corrected chi connectivity index (χ4v) is 7.37. The molecule has 2 atom stereocenters. The molecular formula is C44H36Cl6N8O6. The standard InChI is InChI=1S/C44H36Cl6N8O6/c1-5-23-17-36(52-44(64)38(22(4)60)58-56-30-16-26(14-28(46)20-30)42(62)54-40-33(49)11-8-12-34(40)50)24(6-2)18-35(23)51-43(63)37(21(3)59)57-55-29-15-25(13-27(45)19-29)41(61)53-39-31(47)9-7-10-32(39)48/h7-20,37-38H,5-6H2,1-4H3,(H,51,63)(H,52,64)(H,53,61)(H,54,62). The summed E-state index contributed by atoms with van der Waals surface area (Å²) in [6.45, 7) is 5.97. The van der Waals surface area contributed by atoms with Crippen LogP contribution in [0.5, 0.6) is 0 Å². The number of hydrogen-bond acceptors (Lipinski definition) is 10. The number of aryl methyl sites for hydroxylation is 2. The van der Waals surface area contributed by atoms with Gasteiger partial charge in [-0.1, -0.05) is 95.6 Å². The van der Waals surface area contributed by atoms with E-state index in [9.17, 15) is 28.8 Å². The number of anilines is 4. The van der Waals surface area contributed by atoms with E-state index < -0.39 is 47.3 Å². The van der Waals surface area contributed by atoms with Gasteiger partial charge < -0.3 is 21.3 Å². The van der Waals surface area contributed by atoms with Crippen LogP contribution in [0.1, 0.15) is 59.5 Å².